The molecule has 0 bridgehead atoms. The first-order valence-electron chi connectivity index (χ1n) is 7.78. The molecule has 0 radical (unpaired) electrons. The molecule has 0 saturated carbocycles. The number of nitrogens with one attached hydrogen (secondary N) is 1. The molecule has 0 spiro atoms. The summed E-state index contributed by atoms with van der Waals surface area (Å²) in [7, 11) is 1.60. The van der Waals surface area contributed by atoms with E-state index in [-0.39, 0.29) is 17.3 Å². The summed E-state index contributed by atoms with van der Waals surface area (Å²) in [5.41, 5.74) is 5.09. The van der Waals surface area contributed by atoms with Gasteiger partial charge in [-0.15, -0.1) is 11.8 Å². The summed E-state index contributed by atoms with van der Waals surface area (Å²) in [6, 6.07) is 13.7. The lowest BCUT2D eigenvalue weighted by Gasteiger charge is -2.05. The molecule has 2 aromatic carbocycles. The Bertz CT molecular complexity index is 789. The van der Waals surface area contributed by atoms with Crippen LogP contribution in [0.2, 0.25) is 0 Å². The highest BCUT2D eigenvalue weighted by Gasteiger charge is 2.06. The van der Waals surface area contributed by atoms with Crippen LogP contribution in [-0.4, -0.2) is 29.4 Å². The van der Waals surface area contributed by atoms with E-state index in [1.807, 2.05) is 31.2 Å². The third-order valence-corrected chi connectivity index (χ3v) is 4.51. The second kappa shape index (κ2) is 9.57. The monoisotopic (exact) mass is 373 g/mol. The number of hydrogen-bond acceptors (Lipinski definition) is 6. The molecular weight excluding hydrogens is 354 g/mol. The lowest BCUT2D eigenvalue weighted by molar-refractivity contribution is -0.384. The van der Waals surface area contributed by atoms with Gasteiger partial charge in [-0.1, -0.05) is 12.1 Å². The number of ether oxygens (including phenoxy) is 1. The fraction of sp³-hybridized carbons (Fsp3) is 0.222. The first kappa shape index (κ1) is 19.5. The van der Waals surface area contributed by atoms with Crippen LogP contribution in [0, 0.1) is 10.1 Å². The standard InChI is InChI=1S/C18H19N3O4S/c1-13(15-5-9-17(25-2)10-6-15)19-20-18(22)12-26-11-14-3-7-16(8-4-14)21(23)24/h3-10H,11-12H2,1-2H3,(H,20,22)/b19-13-. The van der Waals surface area contributed by atoms with Crippen molar-refractivity contribution in [3.8, 4) is 5.75 Å². The number of carbonyl (C=O) groups excluding carboxylic acids is 1. The molecular formula is C18H19N3O4S. The Morgan fingerprint density at radius 1 is 1.19 bits per heavy atom. The van der Waals surface area contributed by atoms with Gasteiger partial charge in [0.25, 0.3) is 5.69 Å². The minimum absolute atomic E-state index is 0.0554. The van der Waals surface area contributed by atoms with Crippen LogP contribution in [0.15, 0.2) is 53.6 Å². The highest BCUT2D eigenvalue weighted by atomic mass is 32.2. The fourth-order valence-corrected chi connectivity index (χ4v) is 2.83. The van der Waals surface area contributed by atoms with E-state index in [0.717, 1.165) is 16.9 Å². The van der Waals surface area contributed by atoms with Crippen molar-refractivity contribution in [1.82, 2.24) is 5.43 Å². The maximum Gasteiger partial charge on any atom is 0.269 e. The molecule has 0 atom stereocenters. The molecule has 2 aromatic rings. The molecule has 0 aliphatic carbocycles. The van der Waals surface area contributed by atoms with Gasteiger partial charge in [-0.3, -0.25) is 14.9 Å². The van der Waals surface area contributed by atoms with Gasteiger partial charge in [-0.05, 0) is 42.3 Å². The Morgan fingerprint density at radius 2 is 1.85 bits per heavy atom. The summed E-state index contributed by atoms with van der Waals surface area (Å²) in [6.45, 7) is 1.81. The highest BCUT2D eigenvalue weighted by molar-refractivity contribution is 7.99. The van der Waals surface area contributed by atoms with E-state index in [0.29, 0.717) is 11.5 Å². The highest BCUT2D eigenvalue weighted by Crippen LogP contribution is 2.16. The molecule has 1 N–H and O–H groups in total. The molecule has 7 nitrogen and oxygen atoms in total. The maximum absolute atomic E-state index is 11.9. The number of rotatable bonds is 8. The summed E-state index contributed by atoms with van der Waals surface area (Å²) in [4.78, 5) is 22.0. The number of non-ortho nitro benzene ring substituents is 1. The summed E-state index contributed by atoms with van der Waals surface area (Å²) in [6.07, 6.45) is 0. The van der Waals surface area contributed by atoms with Crippen molar-refractivity contribution in [3.05, 3.63) is 69.8 Å². The molecule has 136 valence electrons. The molecule has 1 amide bonds. The molecule has 0 aliphatic heterocycles. The zero-order chi connectivity index (χ0) is 18.9. The fourth-order valence-electron chi connectivity index (χ4n) is 2.05. The number of amides is 1. The summed E-state index contributed by atoms with van der Waals surface area (Å²) in [5, 5.41) is 14.7. The average Bonchev–Trinajstić information content (AvgIpc) is 2.66. The van der Waals surface area contributed by atoms with Gasteiger partial charge in [-0.2, -0.15) is 5.10 Å². The van der Waals surface area contributed by atoms with Gasteiger partial charge in [0.05, 0.1) is 23.5 Å². The number of hydrazone groups is 1. The molecule has 26 heavy (non-hydrogen) atoms. The Morgan fingerprint density at radius 3 is 2.42 bits per heavy atom. The predicted molar refractivity (Wildman–Crippen MR) is 103 cm³/mol. The Balaban J connectivity index is 1.78. The zero-order valence-corrected chi connectivity index (χ0v) is 15.3. The Labute approximate surface area is 155 Å². The molecule has 0 fully saturated rings. The maximum atomic E-state index is 11.9. The Hall–Kier alpha value is -2.87. The predicted octanol–water partition coefficient (Wildman–Crippen LogP) is 3.38. The minimum Gasteiger partial charge on any atom is -0.497 e. The van der Waals surface area contributed by atoms with Crippen LogP contribution in [0.5, 0.6) is 5.75 Å². The number of hydrogen-bond donors (Lipinski definition) is 1. The molecule has 0 aromatic heterocycles. The summed E-state index contributed by atoms with van der Waals surface area (Å²) < 4.78 is 5.10. The normalized spacial score (nSPS) is 11.1. The number of methoxy groups -OCH3 is 1. The summed E-state index contributed by atoms with van der Waals surface area (Å²) >= 11 is 1.41. The van der Waals surface area contributed by atoms with Crippen LogP contribution in [0.3, 0.4) is 0 Å². The lowest BCUT2D eigenvalue weighted by atomic mass is 10.1. The van der Waals surface area contributed by atoms with Crippen molar-refractivity contribution in [2.45, 2.75) is 12.7 Å². The number of nitrogens with zero attached hydrogens (tertiary/aromatic N) is 2. The van der Waals surface area contributed by atoms with E-state index < -0.39 is 4.92 Å². The van der Waals surface area contributed by atoms with E-state index in [4.69, 9.17) is 4.74 Å². The van der Waals surface area contributed by atoms with Gasteiger partial charge in [-0.25, -0.2) is 5.43 Å². The van der Waals surface area contributed by atoms with E-state index in [2.05, 4.69) is 10.5 Å². The lowest BCUT2D eigenvalue weighted by Crippen LogP contribution is -2.21. The van der Waals surface area contributed by atoms with Crippen molar-refractivity contribution in [1.29, 1.82) is 0 Å². The SMILES string of the molecule is COc1ccc(/C(C)=N\NC(=O)CSCc2ccc([N+](=O)[O-])cc2)cc1. The average molecular weight is 373 g/mol. The van der Waals surface area contributed by atoms with Crippen LogP contribution >= 0.6 is 11.8 Å². The van der Waals surface area contributed by atoms with Crippen LogP contribution in [0.1, 0.15) is 18.1 Å². The van der Waals surface area contributed by atoms with Crippen LogP contribution < -0.4 is 10.2 Å². The van der Waals surface area contributed by atoms with Gasteiger partial charge in [0.15, 0.2) is 0 Å². The Kier molecular flexibility index (Phi) is 7.16. The zero-order valence-electron chi connectivity index (χ0n) is 14.5. The largest absolute Gasteiger partial charge is 0.497 e. The smallest absolute Gasteiger partial charge is 0.269 e. The van der Waals surface area contributed by atoms with Gasteiger partial charge in [0.1, 0.15) is 5.75 Å². The topological polar surface area (TPSA) is 93.8 Å². The van der Waals surface area contributed by atoms with Crippen LogP contribution in [-0.2, 0) is 10.5 Å². The van der Waals surface area contributed by atoms with E-state index in [1.54, 1.807) is 19.2 Å². The molecule has 8 heteroatoms. The number of nitro groups is 1. The third-order valence-electron chi connectivity index (χ3n) is 3.51. The van der Waals surface area contributed by atoms with Crippen molar-refractivity contribution < 1.29 is 14.5 Å². The first-order chi connectivity index (χ1) is 12.5. The van der Waals surface area contributed by atoms with Gasteiger partial charge in [0.2, 0.25) is 5.91 Å². The molecule has 0 heterocycles. The van der Waals surface area contributed by atoms with Gasteiger partial charge >= 0.3 is 0 Å². The first-order valence-corrected chi connectivity index (χ1v) is 8.93. The van der Waals surface area contributed by atoms with Crippen molar-refractivity contribution in [2.75, 3.05) is 12.9 Å². The number of carbonyl (C=O) groups is 1. The van der Waals surface area contributed by atoms with E-state index >= 15 is 0 Å². The van der Waals surface area contributed by atoms with E-state index in [1.165, 1.54) is 23.9 Å². The molecule has 0 saturated heterocycles. The number of nitro benzene ring substituents is 1. The van der Waals surface area contributed by atoms with E-state index in [9.17, 15) is 14.9 Å². The molecule has 0 aliphatic rings. The van der Waals surface area contributed by atoms with Crippen LogP contribution in [0.4, 0.5) is 5.69 Å². The van der Waals surface area contributed by atoms with Crippen molar-refractivity contribution in [2.24, 2.45) is 5.10 Å². The van der Waals surface area contributed by atoms with Crippen molar-refractivity contribution in [3.63, 3.8) is 0 Å². The summed E-state index contributed by atoms with van der Waals surface area (Å²) in [5.74, 6) is 1.39. The second-order valence-corrected chi connectivity index (χ2v) is 6.36. The number of benzene rings is 2. The van der Waals surface area contributed by atoms with Crippen molar-refractivity contribution >= 4 is 29.1 Å². The molecule has 0 unspecified atom stereocenters. The quantitative estimate of drug-likeness (QED) is 0.435. The second-order valence-electron chi connectivity index (χ2n) is 5.38. The minimum atomic E-state index is -0.437. The molecule has 2 rings (SSSR count). The van der Waals surface area contributed by atoms with Gasteiger partial charge < -0.3 is 4.74 Å². The van der Waals surface area contributed by atoms with Crippen LogP contribution in [0.25, 0.3) is 0 Å². The van der Waals surface area contributed by atoms with Gasteiger partial charge in [0, 0.05) is 17.9 Å². The number of thioether (sulfide) groups is 1. The third kappa shape index (κ3) is 5.89.